The van der Waals surface area contributed by atoms with Gasteiger partial charge in [-0.1, -0.05) is 73.3 Å². The van der Waals surface area contributed by atoms with Crippen LogP contribution in [0.25, 0.3) is 17.5 Å². The molecule has 4 aromatic rings. The van der Waals surface area contributed by atoms with E-state index in [0.29, 0.717) is 17.8 Å². The number of aromatic hydroxyl groups is 1. The number of para-hydroxylation sites is 2. The van der Waals surface area contributed by atoms with Crippen LogP contribution in [0.5, 0.6) is 5.88 Å². The van der Waals surface area contributed by atoms with Gasteiger partial charge in [0, 0.05) is 13.3 Å². The van der Waals surface area contributed by atoms with Gasteiger partial charge in [0.15, 0.2) is 0 Å². The largest absolute Gasteiger partial charge is 0.477 e. The third-order valence-electron chi connectivity index (χ3n) is 5.22. The quantitative estimate of drug-likeness (QED) is 0.510. The molecule has 3 aromatic carbocycles. The number of benzene rings is 3. The van der Waals surface area contributed by atoms with E-state index >= 15 is 0 Å². The summed E-state index contributed by atoms with van der Waals surface area (Å²) in [6.07, 6.45) is 2.10. The molecule has 0 unspecified atom stereocenters. The highest BCUT2D eigenvalue weighted by Crippen LogP contribution is 2.19. The molecule has 0 saturated heterocycles. The van der Waals surface area contributed by atoms with Crippen molar-refractivity contribution < 1.29 is 9.67 Å². The molecule has 0 spiro atoms. The maximum Gasteiger partial charge on any atom is 0.350 e. The molecule has 30 heavy (non-hydrogen) atoms. The summed E-state index contributed by atoms with van der Waals surface area (Å²) >= 11 is 0. The Labute approximate surface area is 175 Å². The van der Waals surface area contributed by atoms with Crippen molar-refractivity contribution in [2.24, 2.45) is 0 Å². The molecule has 148 valence electrons. The van der Waals surface area contributed by atoms with E-state index in [-0.39, 0.29) is 11.4 Å². The highest BCUT2D eigenvalue weighted by molar-refractivity contribution is 5.48. The average Bonchev–Trinajstić information content (AvgIpc) is 2.79. The lowest BCUT2D eigenvalue weighted by Gasteiger charge is -2.13. The molecule has 1 heterocycles. The molecule has 0 aliphatic carbocycles. The SMILES string of the molecule is C=Cc1ccc(Cc2c(O)[n+](-c3ccccc3)c(C)n(-c3ccccc3)c2=O)cc1. The zero-order chi connectivity index (χ0) is 21.1. The normalized spacial score (nSPS) is 10.7. The Bertz CT molecular complexity index is 1240. The van der Waals surface area contributed by atoms with E-state index in [1.165, 1.54) is 0 Å². The summed E-state index contributed by atoms with van der Waals surface area (Å²) < 4.78 is 3.38. The third-order valence-corrected chi connectivity index (χ3v) is 5.22. The fourth-order valence-corrected chi connectivity index (χ4v) is 3.66. The Hall–Kier alpha value is -3.92. The van der Waals surface area contributed by atoms with Crippen molar-refractivity contribution in [3.63, 3.8) is 0 Å². The van der Waals surface area contributed by atoms with E-state index in [2.05, 4.69) is 6.58 Å². The first kappa shape index (κ1) is 19.4. The number of hydrogen-bond donors (Lipinski definition) is 1. The molecule has 0 fully saturated rings. The number of nitrogens with zero attached hydrogens (tertiary/aromatic N) is 2. The van der Waals surface area contributed by atoms with Crippen LogP contribution in [0.1, 0.15) is 22.5 Å². The van der Waals surface area contributed by atoms with Gasteiger partial charge in [0.2, 0.25) is 0 Å². The van der Waals surface area contributed by atoms with Gasteiger partial charge >= 0.3 is 5.56 Å². The Morgan fingerprint density at radius 3 is 2.13 bits per heavy atom. The van der Waals surface area contributed by atoms with Gasteiger partial charge in [0.25, 0.3) is 11.7 Å². The van der Waals surface area contributed by atoms with Crippen molar-refractivity contribution in [3.05, 3.63) is 124 Å². The van der Waals surface area contributed by atoms with Crippen molar-refractivity contribution in [2.45, 2.75) is 13.3 Å². The molecule has 1 N–H and O–H groups in total. The number of hydrogen-bond acceptors (Lipinski definition) is 2. The summed E-state index contributed by atoms with van der Waals surface area (Å²) in [4.78, 5) is 13.5. The average molecular weight is 395 g/mol. The molecule has 0 aliphatic heterocycles. The van der Waals surface area contributed by atoms with E-state index in [4.69, 9.17) is 0 Å². The lowest BCUT2D eigenvalue weighted by Crippen LogP contribution is -2.44. The van der Waals surface area contributed by atoms with E-state index in [0.717, 1.165) is 22.5 Å². The minimum atomic E-state index is -0.226. The second-order valence-electron chi connectivity index (χ2n) is 7.12. The fraction of sp³-hybridized carbons (Fsp3) is 0.0769. The van der Waals surface area contributed by atoms with Gasteiger partial charge in [-0.15, -0.1) is 0 Å². The predicted molar refractivity (Wildman–Crippen MR) is 119 cm³/mol. The Kier molecular flexibility index (Phi) is 5.31. The van der Waals surface area contributed by atoms with Crippen LogP contribution >= 0.6 is 0 Å². The molecule has 4 heteroatoms. The van der Waals surface area contributed by atoms with Crippen LogP contribution < -0.4 is 10.1 Å². The predicted octanol–water partition coefficient (Wildman–Crippen LogP) is 4.36. The van der Waals surface area contributed by atoms with E-state index in [9.17, 15) is 9.90 Å². The van der Waals surface area contributed by atoms with Crippen LogP contribution in [0.4, 0.5) is 0 Å². The molecule has 0 amide bonds. The maximum absolute atomic E-state index is 13.5. The summed E-state index contributed by atoms with van der Waals surface area (Å²) in [6, 6.07) is 26.9. The van der Waals surface area contributed by atoms with Gasteiger partial charge in [0.05, 0.1) is 0 Å². The molecular formula is C26H23N2O2+. The second kappa shape index (κ2) is 8.21. The van der Waals surface area contributed by atoms with E-state index in [1.54, 1.807) is 15.2 Å². The van der Waals surface area contributed by atoms with Crippen molar-refractivity contribution in [2.75, 3.05) is 0 Å². The van der Waals surface area contributed by atoms with Crippen molar-refractivity contribution in [1.29, 1.82) is 0 Å². The van der Waals surface area contributed by atoms with Crippen LogP contribution in [0.2, 0.25) is 0 Å². The second-order valence-corrected chi connectivity index (χ2v) is 7.12. The Morgan fingerprint density at radius 2 is 1.53 bits per heavy atom. The Balaban J connectivity index is 1.97. The molecule has 0 radical (unpaired) electrons. The molecule has 1 aromatic heterocycles. The van der Waals surface area contributed by atoms with Gasteiger partial charge in [-0.2, -0.15) is 9.13 Å². The van der Waals surface area contributed by atoms with Crippen molar-refractivity contribution in [1.82, 2.24) is 4.57 Å². The molecule has 0 bridgehead atoms. The van der Waals surface area contributed by atoms with Gasteiger partial charge < -0.3 is 5.11 Å². The summed E-state index contributed by atoms with van der Waals surface area (Å²) in [5.74, 6) is 0.587. The minimum absolute atomic E-state index is 0.0383. The fourth-order valence-electron chi connectivity index (χ4n) is 3.66. The van der Waals surface area contributed by atoms with Crippen LogP contribution in [0, 0.1) is 6.92 Å². The zero-order valence-electron chi connectivity index (χ0n) is 16.8. The molecule has 4 nitrogen and oxygen atoms in total. The first-order valence-corrected chi connectivity index (χ1v) is 9.82. The van der Waals surface area contributed by atoms with Gasteiger partial charge in [0.1, 0.15) is 16.9 Å². The summed E-state index contributed by atoms with van der Waals surface area (Å²) in [6.45, 7) is 5.61. The molecular weight excluding hydrogens is 372 g/mol. The zero-order valence-corrected chi connectivity index (χ0v) is 16.8. The van der Waals surface area contributed by atoms with Gasteiger partial charge in [-0.3, -0.25) is 0 Å². The van der Waals surface area contributed by atoms with Crippen LogP contribution in [0.3, 0.4) is 0 Å². The standard InChI is InChI=1S/C26H22N2O2/c1-3-20-14-16-21(17-15-20)18-24-25(29)27(22-10-6-4-7-11-22)19(2)28(26(24)30)23-12-8-5-9-13-23/h3-17H,1,18H2,2H3/p+1. The third kappa shape index (κ3) is 3.55. The van der Waals surface area contributed by atoms with Crippen LogP contribution in [-0.2, 0) is 6.42 Å². The van der Waals surface area contributed by atoms with Crippen LogP contribution in [0.15, 0.2) is 96.3 Å². The number of rotatable bonds is 5. The Morgan fingerprint density at radius 1 is 0.933 bits per heavy atom. The molecule has 0 aliphatic rings. The van der Waals surface area contributed by atoms with Crippen molar-refractivity contribution in [3.8, 4) is 17.3 Å². The van der Waals surface area contributed by atoms with Crippen molar-refractivity contribution >= 4 is 6.08 Å². The van der Waals surface area contributed by atoms with Gasteiger partial charge in [-0.25, -0.2) is 4.79 Å². The number of aromatic nitrogens is 2. The highest BCUT2D eigenvalue weighted by Gasteiger charge is 2.28. The first-order valence-electron chi connectivity index (χ1n) is 9.82. The molecule has 0 saturated carbocycles. The first-order chi connectivity index (χ1) is 14.6. The maximum atomic E-state index is 13.5. The monoisotopic (exact) mass is 395 g/mol. The lowest BCUT2D eigenvalue weighted by molar-refractivity contribution is -0.616. The van der Waals surface area contributed by atoms with Gasteiger partial charge in [-0.05, 0) is 35.4 Å². The summed E-state index contributed by atoms with van der Waals surface area (Å²) in [5.41, 5.74) is 3.62. The molecule has 4 rings (SSSR count). The minimum Gasteiger partial charge on any atom is -0.477 e. The summed E-state index contributed by atoms with van der Waals surface area (Å²) in [5, 5.41) is 11.2. The van der Waals surface area contributed by atoms with Crippen LogP contribution in [-0.4, -0.2) is 9.67 Å². The van der Waals surface area contributed by atoms with E-state index < -0.39 is 0 Å². The van der Waals surface area contributed by atoms with E-state index in [1.807, 2.05) is 91.9 Å². The summed E-state index contributed by atoms with van der Waals surface area (Å²) in [7, 11) is 0. The molecule has 0 atom stereocenters. The topological polar surface area (TPSA) is 46.1 Å². The highest BCUT2D eigenvalue weighted by atomic mass is 16.3. The smallest absolute Gasteiger partial charge is 0.350 e. The lowest BCUT2D eigenvalue weighted by atomic mass is 10.0.